The Balaban J connectivity index is 2.44. The summed E-state index contributed by atoms with van der Waals surface area (Å²) < 4.78 is 5.03. The van der Waals surface area contributed by atoms with Gasteiger partial charge >= 0.3 is 0 Å². The summed E-state index contributed by atoms with van der Waals surface area (Å²) in [7, 11) is 1.54. The molecule has 0 amide bonds. The van der Waals surface area contributed by atoms with Crippen molar-refractivity contribution in [3.63, 3.8) is 0 Å². The topological polar surface area (TPSA) is 95.5 Å². The molecule has 0 spiro atoms. The minimum absolute atomic E-state index is 0.0340. The van der Waals surface area contributed by atoms with Gasteiger partial charge in [-0.3, -0.25) is 20.2 Å². The molecule has 2 rings (SSSR count). The number of ether oxygens (including phenoxy) is 1. The molecule has 0 atom stereocenters. The van der Waals surface area contributed by atoms with E-state index in [1.165, 1.54) is 24.3 Å². The molecular weight excluding hydrogens is 288 g/mol. The van der Waals surface area contributed by atoms with E-state index in [9.17, 15) is 20.2 Å². The fourth-order valence-electron chi connectivity index (χ4n) is 1.92. The Bertz CT molecular complexity index is 706. The van der Waals surface area contributed by atoms with Crippen molar-refractivity contribution >= 4 is 23.5 Å². The molecule has 7 nitrogen and oxygen atoms in total. The maximum atomic E-state index is 11.0. The van der Waals surface area contributed by atoms with E-state index in [0.29, 0.717) is 5.75 Å². The van der Waals surface area contributed by atoms with Gasteiger partial charge in [0.15, 0.2) is 0 Å². The summed E-state index contributed by atoms with van der Waals surface area (Å²) in [6, 6.07) is 10.7. The number of hydrogen-bond donors (Lipinski definition) is 0. The van der Waals surface area contributed by atoms with Crippen LogP contribution in [0.5, 0.6) is 5.75 Å². The average Bonchev–Trinajstić information content (AvgIpc) is 2.52. The average molecular weight is 300 g/mol. The maximum Gasteiger partial charge on any atom is 0.283 e. The molecule has 7 heteroatoms. The van der Waals surface area contributed by atoms with Gasteiger partial charge < -0.3 is 4.74 Å². The van der Waals surface area contributed by atoms with Gasteiger partial charge in [-0.15, -0.1) is 0 Å². The maximum absolute atomic E-state index is 11.0. The van der Waals surface area contributed by atoms with Gasteiger partial charge in [0.2, 0.25) is 0 Å². The lowest BCUT2D eigenvalue weighted by molar-refractivity contribution is -0.394. The molecule has 0 aromatic heterocycles. The molecule has 22 heavy (non-hydrogen) atoms. The zero-order chi connectivity index (χ0) is 16.1. The van der Waals surface area contributed by atoms with Crippen LogP contribution >= 0.6 is 0 Å². The van der Waals surface area contributed by atoms with Crippen LogP contribution in [0.3, 0.4) is 0 Å². The molecule has 0 heterocycles. The van der Waals surface area contributed by atoms with E-state index in [1.807, 2.05) is 0 Å². The fourth-order valence-corrected chi connectivity index (χ4v) is 1.92. The van der Waals surface area contributed by atoms with Gasteiger partial charge in [0.25, 0.3) is 11.4 Å². The van der Waals surface area contributed by atoms with E-state index in [1.54, 1.807) is 37.5 Å². The molecule has 0 aliphatic heterocycles. The number of hydrogen-bond acceptors (Lipinski definition) is 5. The summed E-state index contributed by atoms with van der Waals surface area (Å²) in [5.74, 6) is 0.675. The zero-order valence-electron chi connectivity index (χ0n) is 11.6. The number of rotatable bonds is 5. The van der Waals surface area contributed by atoms with Crippen LogP contribution in [0.1, 0.15) is 11.1 Å². The second-order valence-electron chi connectivity index (χ2n) is 4.33. The number of nitro benzene ring substituents is 2. The SMILES string of the molecule is COc1ccc(C=Cc2c([N+](=O)[O-])cccc2[N+](=O)[O-])cc1. The fraction of sp³-hybridized carbons (Fsp3) is 0.0667. The smallest absolute Gasteiger partial charge is 0.283 e. The molecule has 0 saturated heterocycles. The van der Waals surface area contributed by atoms with Crippen LogP contribution in [0.2, 0.25) is 0 Å². The Morgan fingerprint density at radius 2 is 1.45 bits per heavy atom. The lowest BCUT2D eigenvalue weighted by Crippen LogP contribution is -1.97. The zero-order valence-corrected chi connectivity index (χ0v) is 11.6. The summed E-state index contributed by atoms with van der Waals surface area (Å²) in [5.41, 5.74) is 0.0968. The highest BCUT2D eigenvalue weighted by Crippen LogP contribution is 2.30. The van der Waals surface area contributed by atoms with Gasteiger partial charge in [-0.05, 0) is 29.8 Å². The monoisotopic (exact) mass is 300 g/mol. The minimum atomic E-state index is -0.638. The number of nitro groups is 2. The van der Waals surface area contributed by atoms with E-state index < -0.39 is 9.85 Å². The van der Waals surface area contributed by atoms with Crippen LogP contribution in [0.25, 0.3) is 12.2 Å². The van der Waals surface area contributed by atoms with Crippen LogP contribution in [-0.2, 0) is 0 Å². The first-order valence-corrected chi connectivity index (χ1v) is 6.27. The molecule has 0 radical (unpaired) electrons. The first kappa shape index (κ1) is 15.2. The van der Waals surface area contributed by atoms with Gasteiger partial charge in [0.05, 0.1) is 17.0 Å². The third-order valence-corrected chi connectivity index (χ3v) is 3.01. The Morgan fingerprint density at radius 1 is 0.909 bits per heavy atom. The summed E-state index contributed by atoms with van der Waals surface area (Å²) in [5, 5.41) is 22.0. The molecule has 0 aliphatic carbocycles. The van der Waals surface area contributed by atoms with E-state index >= 15 is 0 Å². The molecule has 0 fully saturated rings. The molecule has 0 unspecified atom stereocenters. The third kappa shape index (κ3) is 3.26. The largest absolute Gasteiger partial charge is 0.497 e. The van der Waals surface area contributed by atoms with E-state index in [4.69, 9.17) is 4.74 Å². The Morgan fingerprint density at radius 3 is 1.91 bits per heavy atom. The van der Waals surface area contributed by atoms with Crippen molar-refractivity contribution in [2.45, 2.75) is 0 Å². The Kier molecular flexibility index (Phi) is 4.47. The van der Waals surface area contributed by atoms with Crippen molar-refractivity contribution in [2.75, 3.05) is 7.11 Å². The van der Waals surface area contributed by atoms with Gasteiger partial charge in [-0.25, -0.2) is 0 Å². The molecule has 0 aliphatic rings. The van der Waals surface area contributed by atoms with E-state index in [0.717, 1.165) is 5.56 Å². The van der Waals surface area contributed by atoms with Crippen LogP contribution in [-0.4, -0.2) is 17.0 Å². The summed E-state index contributed by atoms with van der Waals surface area (Å²) in [4.78, 5) is 20.8. The minimum Gasteiger partial charge on any atom is -0.497 e. The lowest BCUT2D eigenvalue weighted by Gasteiger charge is -2.01. The first-order chi connectivity index (χ1) is 10.5. The van der Waals surface area contributed by atoms with Crippen molar-refractivity contribution in [3.8, 4) is 5.75 Å². The van der Waals surface area contributed by atoms with Crippen molar-refractivity contribution in [1.29, 1.82) is 0 Å². The quantitative estimate of drug-likeness (QED) is 0.476. The second-order valence-corrected chi connectivity index (χ2v) is 4.33. The molecule has 2 aromatic rings. The van der Waals surface area contributed by atoms with Crippen LogP contribution < -0.4 is 4.74 Å². The molecule has 0 saturated carbocycles. The number of nitrogens with zero attached hydrogens (tertiary/aromatic N) is 2. The first-order valence-electron chi connectivity index (χ1n) is 6.27. The molecule has 0 bridgehead atoms. The van der Waals surface area contributed by atoms with Crippen LogP contribution in [0.4, 0.5) is 11.4 Å². The predicted molar refractivity (Wildman–Crippen MR) is 81.7 cm³/mol. The van der Waals surface area contributed by atoms with Crippen molar-refractivity contribution in [1.82, 2.24) is 0 Å². The highest BCUT2D eigenvalue weighted by atomic mass is 16.6. The van der Waals surface area contributed by atoms with Gasteiger partial charge in [0.1, 0.15) is 11.3 Å². The number of benzene rings is 2. The second kappa shape index (κ2) is 6.49. The summed E-state index contributed by atoms with van der Waals surface area (Å²) >= 11 is 0. The Labute approximate surface area is 125 Å². The predicted octanol–water partition coefficient (Wildman–Crippen LogP) is 3.68. The lowest BCUT2D eigenvalue weighted by atomic mass is 10.1. The van der Waals surface area contributed by atoms with Gasteiger partial charge in [0, 0.05) is 12.1 Å². The van der Waals surface area contributed by atoms with E-state index in [-0.39, 0.29) is 16.9 Å². The number of methoxy groups -OCH3 is 1. The molecular formula is C15H12N2O5. The molecule has 2 aromatic carbocycles. The summed E-state index contributed by atoms with van der Waals surface area (Å²) in [6.07, 6.45) is 2.95. The highest BCUT2D eigenvalue weighted by Gasteiger charge is 2.22. The molecule has 112 valence electrons. The third-order valence-electron chi connectivity index (χ3n) is 3.01. The normalized spacial score (nSPS) is 10.6. The summed E-state index contributed by atoms with van der Waals surface area (Å²) in [6.45, 7) is 0. The van der Waals surface area contributed by atoms with E-state index in [2.05, 4.69) is 0 Å². The Hall–Kier alpha value is -3.22. The van der Waals surface area contributed by atoms with Crippen molar-refractivity contribution in [3.05, 3.63) is 73.8 Å². The van der Waals surface area contributed by atoms with Crippen LogP contribution in [0.15, 0.2) is 42.5 Å². The van der Waals surface area contributed by atoms with Crippen molar-refractivity contribution in [2.24, 2.45) is 0 Å². The standard InChI is InChI=1S/C15H12N2O5/c1-22-12-8-5-11(6-9-12)7-10-13-14(16(18)19)3-2-4-15(13)17(20)21/h2-10H,1H3. The molecule has 0 N–H and O–H groups in total. The van der Waals surface area contributed by atoms with Crippen LogP contribution in [0, 0.1) is 20.2 Å². The highest BCUT2D eigenvalue weighted by molar-refractivity contribution is 5.79. The van der Waals surface area contributed by atoms with Gasteiger partial charge in [-0.1, -0.05) is 18.2 Å². The van der Waals surface area contributed by atoms with Crippen molar-refractivity contribution < 1.29 is 14.6 Å². The van der Waals surface area contributed by atoms with Gasteiger partial charge in [-0.2, -0.15) is 0 Å².